The van der Waals surface area contributed by atoms with Gasteiger partial charge < -0.3 is 4.90 Å². The zero-order chi connectivity index (χ0) is 15.7. The molecule has 0 atom stereocenters. The molecule has 0 spiro atoms. The molecule has 1 heterocycles. The lowest BCUT2D eigenvalue weighted by Gasteiger charge is -2.38. The minimum Gasteiger partial charge on any atom is -0.338 e. The molecule has 3 rings (SSSR count). The third kappa shape index (κ3) is 2.57. The molecule has 0 bridgehead atoms. The molecular formula is C20H22N2. The van der Waals surface area contributed by atoms with Crippen LogP contribution in [0.1, 0.15) is 31.9 Å². The van der Waals surface area contributed by atoms with E-state index < -0.39 is 0 Å². The average molecular weight is 290 g/mol. The van der Waals surface area contributed by atoms with Crippen LogP contribution in [-0.4, -0.2) is 17.8 Å². The zero-order valence-corrected chi connectivity index (χ0v) is 13.5. The van der Waals surface area contributed by atoms with Crippen molar-refractivity contribution >= 4 is 11.4 Å². The summed E-state index contributed by atoms with van der Waals surface area (Å²) in [5.74, 6) is 0. The van der Waals surface area contributed by atoms with E-state index in [4.69, 9.17) is 4.99 Å². The molecule has 0 saturated heterocycles. The number of fused-ring (bicyclic) bond motifs is 1. The van der Waals surface area contributed by atoms with Crippen molar-refractivity contribution in [2.24, 2.45) is 4.99 Å². The van der Waals surface area contributed by atoms with Gasteiger partial charge >= 0.3 is 0 Å². The molecule has 1 aliphatic rings. The van der Waals surface area contributed by atoms with E-state index in [2.05, 4.69) is 80.8 Å². The molecular weight excluding hydrogens is 268 g/mol. The number of nitrogens with zero attached hydrogens (tertiary/aromatic N) is 2. The van der Waals surface area contributed by atoms with E-state index in [-0.39, 0.29) is 5.54 Å². The summed E-state index contributed by atoms with van der Waals surface area (Å²) >= 11 is 0. The van der Waals surface area contributed by atoms with Gasteiger partial charge in [0.2, 0.25) is 0 Å². The Morgan fingerprint density at radius 3 is 2.27 bits per heavy atom. The van der Waals surface area contributed by atoms with Gasteiger partial charge in [-0.15, -0.1) is 0 Å². The smallest absolute Gasteiger partial charge is 0.0793 e. The van der Waals surface area contributed by atoms with E-state index >= 15 is 0 Å². The van der Waals surface area contributed by atoms with E-state index in [0.717, 1.165) is 17.0 Å². The van der Waals surface area contributed by atoms with Crippen LogP contribution in [0.3, 0.4) is 0 Å². The van der Waals surface area contributed by atoms with Crippen molar-refractivity contribution in [3.63, 3.8) is 0 Å². The van der Waals surface area contributed by atoms with Gasteiger partial charge in [-0.05, 0) is 26.8 Å². The van der Waals surface area contributed by atoms with Crippen LogP contribution in [0.25, 0.3) is 0 Å². The van der Waals surface area contributed by atoms with Crippen molar-refractivity contribution in [2.45, 2.75) is 26.3 Å². The largest absolute Gasteiger partial charge is 0.338 e. The lowest BCUT2D eigenvalue weighted by Crippen LogP contribution is -2.41. The lowest BCUT2D eigenvalue weighted by molar-refractivity contribution is 0.539. The first kappa shape index (κ1) is 14.6. The van der Waals surface area contributed by atoms with Crippen molar-refractivity contribution in [3.8, 4) is 0 Å². The predicted molar refractivity (Wildman–Crippen MR) is 94.8 cm³/mol. The Hall–Kier alpha value is -2.35. The number of benzodiazepines with no additional fused rings is 1. The van der Waals surface area contributed by atoms with Crippen molar-refractivity contribution in [1.29, 1.82) is 0 Å². The predicted octanol–water partition coefficient (Wildman–Crippen LogP) is 4.66. The van der Waals surface area contributed by atoms with Gasteiger partial charge in [0.25, 0.3) is 0 Å². The molecule has 2 aromatic carbocycles. The second-order valence-corrected chi connectivity index (χ2v) is 6.62. The van der Waals surface area contributed by atoms with Crippen LogP contribution in [0, 0.1) is 0 Å². The molecule has 0 saturated carbocycles. The maximum Gasteiger partial charge on any atom is 0.0793 e. The SMILES string of the molecule is C=C1CN=C(c2ccccc2)c2ccccc2N1C(C)(C)C. The van der Waals surface area contributed by atoms with Crippen LogP contribution >= 0.6 is 0 Å². The van der Waals surface area contributed by atoms with Gasteiger partial charge in [-0.25, -0.2) is 0 Å². The minimum absolute atomic E-state index is 0.0329. The summed E-state index contributed by atoms with van der Waals surface area (Å²) in [6, 6.07) is 18.9. The molecule has 0 fully saturated rings. The van der Waals surface area contributed by atoms with Gasteiger partial charge in [-0.2, -0.15) is 0 Å². The van der Waals surface area contributed by atoms with Crippen LogP contribution in [0.15, 0.2) is 71.9 Å². The Labute approximate surface area is 132 Å². The third-order valence-electron chi connectivity index (χ3n) is 3.85. The van der Waals surface area contributed by atoms with Crippen molar-refractivity contribution in [1.82, 2.24) is 0 Å². The van der Waals surface area contributed by atoms with E-state index in [0.29, 0.717) is 6.54 Å². The number of anilines is 1. The van der Waals surface area contributed by atoms with E-state index in [1.165, 1.54) is 11.3 Å². The molecule has 2 heteroatoms. The highest BCUT2D eigenvalue weighted by Crippen LogP contribution is 2.34. The summed E-state index contributed by atoms with van der Waals surface area (Å²) < 4.78 is 0. The Kier molecular flexibility index (Phi) is 3.61. The maximum absolute atomic E-state index is 4.85. The molecule has 0 N–H and O–H groups in total. The van der Waals surface area contributed by atoms with Gasteiger partial charge in [-0.3, -0.25) is 4.99 Å². The first-order chi connectivity index (χ1) is 10.5. The summed E-state index contributed by atoms with van der Waals surface area (Å²) in [4.78, 5) is 7.16. The maximum atomic E-state index is 4.85. The Morgan fingerprint density at radius 1 is 0.955 bits per heavy atom. The number of rotatable bonds is 1. The van der Waals surface area contributed by atoms with Gasteiger partial charge in [-0.1, -0.05) is 55.1 Å². The minimum atomic E-state index is -0.0329. The normalized spacial score (nSPS) is 15.1. The summed E-state index contributed by atoms with van der Waals surface area (Å²) in [5.41, 5.74) is 5.55. The first-order valence-corrected chi connectivity index (χ1v) is 7.66. The van der Waals surface area contributed by atoms with E-state index in [1.807, 2.05) is 6.07 Å². The summed E-state index contributed by atoms with van der Waals surface area (Å²) in [6.45, 7) is 11.5. The van der Waals surface area contributed by atoms with E-state index in [9.17, 15) is 0 Å². The molecule has 2 nitrogen and oxygen atoms in total. The fourth-order valence-corrected chi connectivity index (χ4v) is 3.04. The molecule has 0 amide bonds. The molecule has 0 radical (unpaired) electrons. The molecule has 0 aromatic heterocycles. The Balaban J connectivity index is 2.21. The average Bonchev–Trinajstić information content (AvgIpc) is 2.63. The zero-order valence-electron chi connectivity index (χ0n) is 13.5. The highest BCUT2D eigenvalue weighted by Gasteiger charge is 2.29. The molecule has 0 unspecified atom stereocenters. The molecule has 112 valence electrons. The summed E-state index contributed by atoms with van der Waals surface area (Å²) in [5, 5.41) is 0. The number of aliphatic imine (C=N–C) groups is 1. The lowest BCUT2D eigenvalue weighted by atomic mass is 9.97. The van der Waals surface area contributed by atoms with Crippen LogP contribution in [0.4, 0.5) is 5.69 Å². The number of benzene rings is 2. The highest BCUT2D eigenvalue weighted by molar-refractivity contribution is 6.16. The standard InChI is InChI=1S/C20H22N2/c1-15-14-21-19(16-10-6-5-7-11-16)17-12-8-9-13-18(17)22(15)20(2,3)4/h5-13H,1,14H2,2-4H3. The summed E-state index contributed by atoms with van der Waals surface area (Å²) in [6.07, 6.45) is 0. The van der Waals surface area contributed by atoms with Crippen LogP contribution in [-0.2, 0) is 0 Å². The summed E-state index contributed by atoms with van der Waals surface area (Å²) in [7, 11) is 0. The van der Waals surface area contributed by atoms with Crippen LogP contribution < -0.4 is 4.90 Å². The second-order valence-electron chi connectivity index (χ2n) is 6.62. The number of para-hydroxylation sites is 1. The topological polar surface area (TPSA) is 15.6 Å². The number of hydrogen-bond donors (Lipinski definition) is 0. The van der Waals surface area contributed by atoms with Crippen LogP contribution in [0.2, 0.25) is 0 Å². The third-order valence-corrected chi connectivity index (χ3v) is 3.85. The molecule has 2 aromatic rings. The van der Waals surface area contributed by atoms with Crippen molar-refractivity contribution in [3.05, 3.63) is 78.0 Å². The van der Waals surface area contributed by atoms with Crippen molar-refractivity contribution < 1.29 is 0 Å². The van der Waals surface area contributed by atoms with Crippen LogP contribution in [0.5, 0.6) is 0 Å². The van der Waals surface area contributed by atoms with Gasteiger partial charge in [0.05, 0.1) is 17.9 Å². The molecule has 1 aliphatic heterocycles. The fourth-order valence-electron chi connectivity index (χ4n) is 3.04. The quantitative estimate of drug-likeness (QED) is 0.746. The van der Waals surface area contributed by atoms with E-state index in [1.54, 1.807) is 0 Å². The number of hydrogen-bond acceptors (Lipinski definition) is 2. The van der Waals surface area contributed by atoms with Gasteiger partial charge in [0.15, 0.2) is 0 Å². The highest BCUT2D eigenvalue weighted by atomic mass is 15.2. The van der Waals surface area contributed by atoms with Gasteiger partial charge in [0.1, 0.15) is 0 Å². The molecule has 0 aliphatic carbocycles. The monoisotopic (exact) mass is 290 g/mol. The second kappa shape index (κ2) is 5.45. The first-order valence-electron chi connectivity index (χ1n) is 7.66. The Morgan fingerprint density at radius 2 is 1.59 bits per heavy atom. The van der Waals surface area contributed by atoms with Gasteiger partial charge in [0, 0.05) is 22.4 Å². The fraction of sp³-hybridized carbons (Fsp3) is 0.250. The van der Waals surface area contributed by atoms with Crippen molar-refractivity contribution in [2.75, 3.05) is 11.4 Å². The molecule has 22 heavy (non-hydrogen) atoms. The Bertz CT molecular complexity index is 721.